The van der Waals surface area contributed by atoms with E-state index in [0.717, 1.165) is 21.1 Å². The molecule has 2 aromatic heterocycles. The van der Waals surface area contributed by atoms with Gasteiger partial charge < -0.3 is 10.1 Å². The highest BCUT2D eigenvalue weighted by Crippen LogP contribution is 2.33. The van der Waals surface area contributed by atoms with Crippen molar-refractivity contribution in [2.45, 2.75) is 26.2 Å². The second-order valence-electron chi connectivity index (χ2n) is 4.07. The number of hydrogen-bond acceptors (Lipinski definition) is 3. The lowest BCUT2D eigenvalue weighted by Crippen LogP contribution is -2.02. The third-order valence-corrected chi connectivity index (χ3v) is 4.04. The zero-order valence-corrected chi connectivity index (χ0v) is 10.5. The van der Waals surface area contributed by atoms with Crippen molar-refractivity contribution in [2.24, 2.45) is 0 Å². The highest BCUT2D eigenvalue weighted by molar-refractivity contribution is 7.15. The summed E-state index contributed by atoms with van der Waals surface area (Å²) < 4.78 is 0. The molecule has 5 heteroatoms. The van der Waals surface area contributed by atoms with Gasteiger partial charge in [-0.15, -0.1) is 11.3 Å². The van der Waals surface area contributed by atoms with Gasteiger partial charge in [0.05, 0.1) is 12.1 Å². The monoisotopic (exact) mass is 250 g/mol. The van der Waals surface area contributed by atoms with E-state index in [2.05, 4.69) is 9.97 Å². The molecular formula is C12H14N2O2S. The summed E-state index contributed by atoms with van der Waals surface area (Å²) in [6, 6.07) is 1.96. The lowest BCUT2D eigenvalue weighted by Gasteiger charge is -2.05. The van der Waals surface area contributed by atoms with E-state index in [4.69, 9.17) is 5.11 Å². The zero-order chi connectivity index (χ0) is 12.4. The van der Waals surface area contributed by atoms with Gasteiger partial charge in [-0.2, -0.15) is 0 Å². The van der Waals surface area contributed by atoms with Crippen LogP contribution in [0.1, 0.15) is 29.8 Å². The quantitative estimate of drug-likeness (QED) is 0.876. The molecule has 2 N–H and O–H groups in total. The standard InChI is InChI=1S/C12H14N2O2S/c1-7(5-10(15)16)11-8(2)14-12(17-11)9-3-4-13-6-9/h3-4,6-7,13H,5H2,1-2H3,(H,15,16). The smallest absolute Gasteiger partial charge is 0.303 e. The number of H-pyrrole nitrogens is 1. The zero-order valence-electron chi connectivity index (χ0n) is 9.73. The molecule has 2 heterocycles. The highest BCUT2D eigenvalue weighted by Gasteiger charge is 2.17. The number of aromatic nitrogens is 2. The van der Waals surface area contributed by atoms with E-state index >= 15 is 0 Å². The molecule has 0 aliphatic carbocycles. The molecule has 1 unspecified atom stereocenters. The Morgan fingerprint density at radius 1 is 1.65 bits per heavy atom. The topological polar surface area (TPSA) is 66.0 Å². The number of aromatic amines is 1. The molecule has 0 spiro atoms. The summed E-state index contributed by atoms with van der Waals surface area (Å²) in [7, 11) is 0. The first-order valence-electron chi connectivity index (χ1n) is 5.40. The molecule has 0 aliphatic heterocycles. The minimum atomic E-state index is -0.770. The number of carboxylic acids is 1. The normalized spacial score (nSPS) is 12.6. The molecule has 0 fully saturated rings. The maximum Gasteiger partial charge on any atom is 0.303 e. The van der Waals surface area contributed by atoms with Gasteiger partial charge in [-0.3, -0.25) is 4.79 Å². The lowest BCUT2D eigenvalue weighted by molar-refractivity contribution is -0.137. The Morgan fingerprint density at radius 3 is 3.00 bits per heavy atom. The minimum Gasteiger partial charge on any atom is -0.481 e. The molecule has 2 aromatic rings. The average Bonchev–Trinajstić information content (AvgIpc) is 2.84. The van der Waals surface area contributed by atoms with Crippen LogP contribution < -0.4 is 0 Å². The van der Waals surface area contributed by atoms with Crippen molar-refractivity contribution in [1.29, 1.82) is 0 Å². The molecule has 2 rings (SSSR count). The summed E-state index contributed by atoms with van der Waals surface area (Å²) in [5.41, 5.74) is 1.98. The second-order valence-corrected chi connectivity index (χ2v) is 5.10. The van der Waals surface area contributed by atoms with Gasteiger partial charge in [0.1, 0.15) is 5.01 Å². The van der Waals surface area contributed by atoms with Crippen molar-refractivity contribution in [3.05, 3.63) is 29.0 Å². The Morgan fingerprint density at radius 2 is 2.41 bits per heavy atom. The van der Waals surface area contributed by atoms with Gasteiger partial charge >= 0.3 is 5.97 Å². The van der Waals surface area contributed by atoms with Crippen LogP contribution in [0.3, 0.4) is 0 Å². The number of hydrogen-bond donors (Lipinski definition) is 2. The van der Waals surface area contributed by atoms with Gasteiger partial charge in [-0.05, 0) is 13.0 Å². The van der Waals surface area contributed by atoms with Crippen molar-refractivity contribution < 1.29 is 9.90 Å². The summed E-state index contributed by atoms with van der Waals surface area (Å²) in [5.74, 6) is -0.758. The number of carbonyl (C=O) groups is 1. The van der Waals surface area contributed by atoms with Crippen LogP contribution in [-0.4, -0.2) is 21.0 Å². The van der Waals surface area contributed by atoms with Gasteiger partial charge in [-0.25, -0.2) is 4.98 Å². The van der Waals surface area contributed by atoms with Crippen molar-refractivity contribution in [3.8, 4) is 10.6 Å². The number of aliphatic carboxylic acids is 1. The van der Waals surface area contributed by atoms with Gasteiger partial charge in [0.25, 0.3) is 0 Å². The van der Waals surface area contributed by atoms with E-state index in [1.807, 2.05) is 32.3 Å². The molecule has 0 saturated heterocycles. The van der Waals surface area contributed by atoms with Gasteiger partial charge in [-0.1, -0.05) is 6.92 Å². The predicted molar refractivity (Wildman–Crippen MR) is 67.3 cm³/mol. The molecule has 90 valence electrons. The van der Waals surface area contributed by atoms with Crippen LogP contribution in [0.2, 0.25) is 0 Å². The molecule has 0 aromatic carbocycles. The van der Waals surface area contributed by atoms with Crippen molar-refractivity contribution in [1.82, 2.24) is 9.97 Å². The van der Waals surface area contributed by atoms with Crippen molar-refractivity contribution >= 4 is 17.3 Å². The molecule has 4 nitrogen and oxygen atoms in total. The van der Waals surface area contributed by atoms with Crippen LogP contribution in [0.15, 0.2) is 18.5 Å². The third kappa shape index (κ3) is 2.55. The molecule has 0 saturated carbocycles. The van der Waals surface area contributed by atoms with Crippen molar-refractivity contribution in [2.75, 3.05) is 0 Å². The summed E-state index contributed by atoms with van der Waals surface area (Å²) in [6.07, 6.45) is 3.89. The fraction of sp³-hybridized carbons (Fsp3) is 0.333. The maximum absolute atomic E-state index is 10.7. The predicted octanol–water partition coefficient (Wildman–Crippen LogP) is 3.02. The third-order valence-electron chi connectivity index (χ3n) is 2.61. The van der Waals surface area contributed by atoms with Crippen LogP contribution in [0.4, 0.5) is 0 Å². The number of thiazole rings is 1. The molecule has 17 heavy (non-hydrogen) atoms. The largest absolute Gasteiger partial charge is 0.481 e. The van der Waals surface area contributed by atoms with E-state index < -0.39 is 5.97 Å². The van der Waals surface area contributed by atoms with Gasteiger partial charge in [0.2, 0.25) is 0 Å². The van der Waals surface area contributed by atoms with Crippen LogP contribution in [0, 0.1) is 6.92 Å². The Bertz CT molecular complexity index is 517. The SMILES string of the molecule is Cc1nc(-c2cc[nH]c2)sc1C(C)CC(=O)O. The summed E-state index contributed by atoms with van der Waals surface area (Å²) >= 11 is 1.57. The fourth-order valence-corrected chi connectivity index (χ4v) is 2.91. The average molecular weight is 250 g/mol. The molecule has 0 amide bonds. The Labute approximate surface area is 103 Å². The molecule has 0 radical (unpaired) electrons. The molecular weight excluding hydrogens is 236 g/mol. The van der Waals surface area contributed by atoms with Crippen LogP contribution in [-0.2, 0) is 4.79 Å². The first kappa shape index (κ1) is 11.9. The molecule has 1 atom stereocenters. The maximum atomic E-state index is 10.7. The van der Waals surface area contributed by atoms with Gasteiger partial charge in [0, 0.05) is 28.8 Å². The van der Waals surface area contributed by atoms with E-state index in [-0.39, 0.29) is 12.3 Å². The number of nitrogens with zero attached hydrogens (tertiary/aromatic N) is 1. The number of aryl methyl sites for hydroxylation is 1. The highest BCUT2D eigenvalue weighted by atomic mass is 32.1. The Hall–Kier alpha value is -1.62. The Kier molecular flexibility index (Phi) is 3.28. The Balaban J connectivity index is 2.28. The van der Waals surface area contributed by atoms with Crippen LogP contribution >= 0.6 is 11.3 Å². The first-order valence-corrected chi connectivity index (χ1v) is 6.22. The first-order chi connectivity index (χ1) is 8.08. The van der Waals surface area contributed by atoms with Crippen LogP contribution in [0.5, 0.6) is 0 Å². The van der Waals surface area contributed by atoms with Crippen molar-refractivity contribution in [3.63, 3.8) is 0 Å². The fourth-order valence-electron chi connectivity index (χ4n) is 1.80. The lowest BCUT2D eigenvalue weighted by atomic mass is 10.1. The molecule has 0 bridgehead atoms. The van der Waals surface area contributed by atoms with E-state index in [1.54, 1.807) is 11.3 Å². The number of nitrogens with one attached hydrogen (secondary N) is 1. The van der Waals surface area contributed by atoms with Gasteiger partial charge in [0.15, 0.2) is 0 Å². The van der Waals surface area contributed by atoms with E-state index in [1.165, 1.54) is 0 Å². The summed E-state index contributed by atoms with van der Waals surface area (Å²) in [6.45, 7) is 3.86. The molecule has 0 aliphatic rings. The summed E-state index contributed by atoms with van der Waals surface area (Å²) in [4.78, 5) is 19.2. The number of carboxylic acid groups (broad SMARTS) is 1. The second kappa shape index (κ2) is 4.71. The number of rotatable bonds is 4. The summed E-state index contributed by atoms with van der Waals surface area (Å²) in [5, 5.41) is 9.75. The van der Waals surface area contributed by atoms with Crippen LogP contribution in [0.25, 0.3) is 10.6 Å². The minimum absolute atomic E-state index is 0.0118. The van der Waals surface area contributed by atoms with E-state index in [0.29, 0.717) is 0 Å². The van der Waals surface area contributed by atoms with E-state index in [9.17, 15) is 4.79 Å².